The normalized spacial score (nSPS) is 10.2. The molecule has 0 unspecified atom stereocenters. The van der Waals surface area contributed by atoms with Gasteiger partial charge in [0.05, 0.1) is 0 Å². The molecule has 0 aliphatic carbocycles. The highest BCUT2D eigenvalue weighted by atomic mass is 16.5. The zero-order valence-corrected chi connectivity index (χ0v) is 8.43. The Morgan fingerprint density at radius 3 is 2.67 bits per heavy atom. The van der Waals surface area contributed by atoms with E-state index in [1.54, 1.807) is 6.07 Å². The molecule has 2 aromatic rings. The topological polar surface area (TPSA) is 43.1 Å². The van der Waals surface area contributed by atoms with Crippen LogP contribution in [0.5, 0.6) is 0 Å². The Morgan fingerprint density at radius 1 is 1.33 bits per heavy atom. The van der Waals surface area contributed by atoms with Crippen LogP contribution in [-0.2, 0) is 6.42 Å². The highest BCUT2D eigenvalue weighted by Gasteiger charge is 2.03. The number of carbonyl (C=O) groups excluding carboxylic acids is 1. The fraction of sp³-hybridized carbons (Fsp3) is 0.167. The number of benzene rings is 1. The minimum absolute atomic E-state index is 0.345. The minimum atomic E-state index is 0.345. The summed E-state index contributed by atoms with van der Waals surface area (Å²) in [4.78, 5) is 10.4. The van der Waals surface area contributed by atoms with Crippen molar-refractivity contribution in [3.8, 4) is 0 Å². The number of nitrogens with zero attached hydrogens (tertiary/aromatic N) is 1. The third kappa shape index (κ3) is 2.31. The van der Waals surface area contributed by atoms with Gasteiger partial charge in [0.1, 0.15) is 11.5 Å². The van der Waals surface area contributed by atoms with Crippen molar-refractivity contribution in [2.24, 2.45) is 0 Å². The maximum Gasteiger partial charge on any atom is 0.171 e. The summed E-state index contributed by atoms with van der Waals surface area (Å²) < 4.78 is 5.01. The number of aryl methyl sites for hydroxylation is 1. The van der Waals surface area contributed by atoms with Gasteiger partial charge in [0.15, 0.2) is 6.29 Å². The standard InChI is InChI=1S/C12H11NO2/c1-9-2-4-10(5-3-9)6-12-7-11(8-14)13-15-12/h2-5,7-8H,6H2,1H3. The van der Waals surface area contributed by atoms with Crippen molar-refractivity contribution in [1.29, 1.82) is 0 Å². The van der Waals surface area contributed by atoms with Crippen molar-refractivity contribution >= 4 is 6.29 Å². The lowest BCUT2D eigenvalue weighted by Crippen LogP contribution is -1.85. The molecule has 1 aromatic carbocycles. The first kappa shape index (κ1) is 9.65. The number of hydrogen-bond acceptors (Lipinski definition) is 3. The SMILES string of the molecule is Cc1ccc(Cc2cc(C=O)no2)cc1. The molecule has 0 saturated carbocycles. The molecule has 0 aliphatic rings. The van der Waals surface area contributed by atoms with E-state index in [0.29, 0.717) is 24.2 Å². The van der Waals surface area contributed by atoms with Crippen LogP contribution in [-0.4, -0.2) is 11.4 Å². The molecule has 15 heavy (non-hydrogen) atoms. The average molecular weight is 201 g/mol. The molecule has 1 aromatic heterocycles. The first-order chi connectivity index (χ1) is 7.28. The average Bonchev–Trinajstić information content (AvgIpc) is 2.69. The second kappa shape index (κ2) is 4.09. The molecule has 0 fully saturated rings. The molecule has 0 aliphatic heterocycles. The van der Waals surface area contributed by atoms with Crippen LogP contribution in [0, 0.1) is 6.92 Å². The van der Waals surface area contributed by atoms with Gasteiger partial charge in [-0.25, -0.2) is 0 Å². The number of rotatable bonds is 3. The van der Waals surface area contributed by atoms with Gasteiger partial charge < -0.3 is 4.52 Å². The first-order valence-electron chi connectivity index (χ1n) is 4.74. The zero-order valence-electron chi connectivity index (χ0n) is 8.43. The van der Waals surface area contributed by atoms with Crippen molar-refractivity contribution in [2.45, 2.75) is 13.3 Å². The Kier molecular flexibility index (Phi) is 2.63. The second-order valence-electron chi connectivity index (χ2n) is 3.50. The smallest absolute Gasteiger partial charge is 0.171 e. The highest BCUT2D eigenvalue weighted by Crippen LogP contribution is 2.11. The van der Waals surface area contributed by atoms with Crippen LogP contribution in [0.3, 0.4) is 0 Å². The van der Waals surface area contributed by atoms with E-state index in [4.69, 9.17) is 4.52 Å². The number of aromatic nitrogens is 1. The Bertz CT molecular complexity index is 457. The van der Waals surface area contributed by atoms with E-state index >= 15 is 0 Å². The molecule has 0 N–H and O–H groups in total. The molecule has 3 nitrogen and oxygen atoms in total. The molecule has 0 bridgehead atoms. The summed E-state index contributed by atoms with van der Waals surface area (Å²) in [7, 11) is 0. The van der Waals surface area contributed by atoms with Gasteiger partial charge in [-0.1, -0.05) is 35.0 Å². The summed E-state index contributed by atoms with van der Waals surface area (Å²) in [6, 6.07) is 9.84. The molecule has 2 rings (SSSR count). The Labute approximate surface area is 87.7 Å². The molecular weight excluding hydrogens is 190 g/mol. The lowest BCUT2D eigenvalue weighted by atomic mass is 10.1. The lowest BCUT2D eigenvalue weighted by Gasteiger charge is -1.97. The predicted octanol–water partition coefficient (Wildman–Crippen LogP) is 2.39. The van der Waals surface area contributed by atoms with Crippen LogP contribution in [0.4, 0.5) is 0 Å². The molecule has 0 amide bonds. The van der Waals surface area contributed by atoms with Crippen molar-refractivity contribution in [2.75, 3.05) is 0 Å². The third-order valence-electron chi connectivity index (χ3n) is 2.20. The van der Waals surface area contributed by atoms with Crippen LogP contribution in [0.15, 0.2) is 34.9 Å². The monoisotopic (exact) mass is 201 g/mol. The van der Waals surface area contributed by atoms with Crippen molar-refractivity contribution in [3.63, 3.8) is 0 Å². The van der Waals surface area contributed by atoms with Crippen LogP contribution < -0.4 is 0 Å². The second-order valence-corrected chi connectivity index (χ2v) is 3.50. The molecule has 0 atom stereocenters. The van der Waals surface area contributed by atoms with Gasteiger partial charge in [0.2, 0.25) is 0 Å². The van der Waals surface area contributed by atoms with E-state index in [0.717, 1.165) is 5.56 Å². The van der Waals surface area contributed by atoms with Crippen LogP contribution in [0.1, 0.15) is 27.4 Å². The van der Waals surface area contributed by atoms with E-state index in [2.05, 4.69) is 5.16 Å². The van der Waals surface area contributed by atoms with E-state index < -0.39 is 0 Å². The Hall–Kier alpha value is -1.90. The fourth-order valence-electron chi connectivity index (χ4n) is 1.37. The summed E-state index contributed by atoms with van der Waals surface area (Å²) in [6.07, 6.45) is 1.35. The maximum absolute atomic E-state index is 10.4. The quantitative estimate of drug-likeness (QED) is 0.716. The molecule has 0 spiro atoms. The predicted molar refractivity (Wildman–Crippen MR) is 55.9 cm³/mol. The Morgan fingerprint density at radius 2 is 2.07 bits per heavy atom. The number of carbonyl (C=O) groups is 1. The van der Waals surface area contributed by atoms with E-state index in [1.165, 1.54) is 5.56 Å². The largest absolute Gasteiger partial charge is 0.360 e. The van der Waals surface area contributed by atoms with E-state index in [1.807, 2.05) is 31.2 Å². The minimum Gasteiger partial charge on any atom is -0.360 e. The molecule has 76 valence electrons. The summed E-state index contributed by atoms with van der Waals surface area (Å²) in [6.45, 7) is 2.04. The summed E-state index contributed by atoms with van der Waals surface area (Å²) >= 11 is 0. The molecular formula is C12H11NO2. The summed E-state index contributed by atoms with van der Waals surface area (Å²) in [5, 5.41) is 3.61. The number of aldehydes is 1. The van der Waals surface area contributed by atoms with Crippen LogP contribution in [0.2, 0.25) is 0 Å². The van der Waals surface area contributed by atoms with Gasteiger partial charge in [-0.2, -0.15) is 0 Å². The molecule has 0 radical (unpaired) electrons. The molecule has 1 heterocycles. The van der Waals surface area contributed by atoms with E-state index in [9.17, 15) is 4.79 Å². The van der Waals surface area contributed by atoms with Gasteiger partial charge in [0, 0.05) is 12.5 Å². The Balaban J connectivity index is 2.14. The van der Waals surface area contributed by atoms with Crippen LogP contribution >= 0.6 is 0 Å². The van der Waals surface area contributed by atoms with Gasteiger partial charge in [0.25, 0.3) is 0 Å². The van der Waals surface area contributed by atoms with Gasteiger partial charge in [-0.05, 0) is 12.5 Å². The number of hydrogen-bond donors (Lipinski definition) is 0. The van der Waals surface area contributed by atoms with Gasteiger partial charge in [-0.3, -0.25) is 4.79 Å². The van der Waals surface area contributed by atoms with Gasteiger partial charge >= 0.3 is 0 Å². The third-order valence-corrected chi connectivity index (χ3v) is 2.20. The first-order valence-corrected chi connectivity index (χ1v) is 4.74. The molecule has 3 heteroatoms. The summed E-state index contributed by atoms with van der Waals surface area (Å²) in [5.41, 5.74) is 2.72. The maximum atomic E-state index is 10.4. The highest BCUT2D eigenvalue weighted by molar-refractivity contribution is 5.71. The summed E-state index contributed by atoms with van der Waals surface area (Å²) in [5.74, 6) is 0.709. The fourth-order valence-corrected chi connectivity index (χ4v) is 1.37. The van der Waals surface area contributed by atoms with Gasteiger partial charge in [-0.15, -0.1) is 0 Å². The molecule has 0 saturated heterocycles. The van der Waals surface area contributed by atoms with Crippen LogP contribution in [0.25, 0.3) is 0 Å². The van der Waals surface area contributed by atoms with Crippen molar-refractivity contribution in [3.05, 3.63) is 52.9 Å². The van der Waals surface area contributed by atoms with Crippen molar-refractivity contribution < 1.29 is 9.32 Å². The van der Waals surface area contributed by atoms with Crippen molar-refractivity contribution in [1.82, 2.24) is 5.16 Å². The lowest BCUT2D eigenvalue weighted by molar-refractivity contribution is 0.111. The zero-order chi connectivity index (χ0) is 10.7. The van der Waals surface area contributed by atoms with E-state index in [-0.39, 0.29) is 0 Å².